The molecule has 0 unspecified atom stereocenters. The molecule has 0 saturated carbocycles. The fraction of sp³-hybridized carbons (Fsp3) is 0.348. The maximum Gasteiger partial charge on any atom is 0.215 e. The number of furan rings is 1. The van der Waals surface area contributed by atoms with Gasteiger partial charge < -0.3 is 20.4 Å². The summed E-state index contributed by atoms with van der Waals surface area (Å²) in [4.78, 5) is 24.5. The van der Waals surface area contributed by atoms with E-state index in [4.69, 9.17) is 15.1 Å². The third kappa shape index (κ3) is 4.21. The minimum Gasteiger partial charge on any atom is -0.464 e. The number of rotatable bonds is 6. The molecule has 1 atom stereocenters. The van der Waals surface area contributed by atoms with Crippen LogP contribution in [0.3, 0.4) is 0 Å². The molecule has 7 heteroatoms. The lowest BCUT2D eigenvalue weighted by Gasteiger charge is -2.35. The Bertz CT molecular complexity index is 1020. The summed E-state index contributed by atoms with van der Waals surface area (Å²) in [6, 6.07) is 11.3. The van der Waals surface area contributed by atoms with Crippen LogP contribution in [0.2, 0.25) is 0 Å². The Kier molecular flexibility index (Phi) is 5.81. The van der Waals surface area contributed by atoms with Gasteiger partial charge in [0, 0.05) is 37.4 Å². The number of anilines is 2. The van der Waals surface area contributed by atoms with Crippen LogP contribution in [0.5, 0.6) is 0 Å². The number of pyridine rings is 2. The van der Waals surface area contributed by atoms with E-state index in [2.05, 4.69) is 29.0 Å². The molecular weight excluding hydrogens is 378 g/mol. The van der Waals surface area contributed by atoms with E-state index < -0.39 is 0 Å². The Morgan fingerprint density at radius 2 is 2.17 bits per heavy atom. The first kappa shape index (κ1) is 20.1. The van der Waals surface area contributed by atoms with Crippen molar-refractivity contribution in [3.63, 3.8) is 0 Å². The van der Waals surface area contributed by atoms with E-state index in [1.165, 1.54) is 0 Å². The second kappa shape index (κ2) is 8.67. The summed E-state index contributed by atoms with van der Waals surface area (Å²) in [6.07, 6.45) is 4.25. The van der Waals surface area contributed by atoms with Crippen molar-refractivity contribution in [2.75, 3.05) is 30.3 Å². The van der Waals surface area contributed by atoms with Gasteiger partial charge in [0.15, 0.2) is 0 Å². The van der Waals surface area contributed by atoms with Gasteiger partial charge in [-0.2, -0.15) is 0 Å². The van der Waals surface area contributed by atoms with Crippen LogP contribution in [-0.2, 0) is 0 Å². The van der Waals surface area contributed by atoms with E-state index in [1.807, 2.05) is 18.2 Å². The first-order valence-corrected chi connectivity index (χ1v) is 10.3. The van der Waals surface area contributed by atoms with Crippen LogP contribution >= 0.6 is 0 Å². The molecule has 1 fully saturated rings. The van der Waals surface area contributed by atoms with Crippen molar-refractivity contribution in [2.45, 2.75) is 26.3 Å². The number of aromatic nitrogens is 2. The highest BCUT2D eigenvalue weighted by Crippen LogP contribution is 2.29. The molecule has 0 radical (unpaired) electrons. The standard InChI is InChI=1S/C23H27N5O2/c1-15(2)13-16-14-28(11-10-25-16)20-8-7-17(19-6-4-12-30-19)21(27-20)22(29)18-5-3-9-26-23(18)24/h3-9,12,15-16,25H,10-11,13-14H2,1-2H3,(H2,24,26)/t16-/m0/s1. The maximum atomic E-state index is 13.4. The van der Waals surface area contributed by atoms with Crippen molar-refractivity contribution in [1.29, 1.82) is 0 Å². The second-order valence-corrected chi connectivity index (χ2v) is 8.03. The molecule has 0 spiro atoms. The molecule has 156 valence electrons. The van der Waals surface area contributed by atoms with Gasteiger partial charge in [-0.05, 0) is 48.7 Å². The molecule has 4 heterocycles. The molecule has 30 heavy (non-hydrogen) atoms. The number of carbonyl (C=O) groups is 1. The molecule has 3 aromatic rings. The number of piperazine rings is 1. The second-order valence-electron chi connectivity index (χ2n) is 8.03. The SMILES string of the molecule is CC(C)C[C@H]1CN(c2ccc(-c3ccco3)c(C(=O)c3cccnc3N)n2)CCN1. The molecule has 3 N–H and O–H groups in total. The van der Waals surface area contributed by atoms with Crippen LogP contribution in [0.1, 0.15) is 36.3 Å². The summed E-state index contributed by atoms with van der Waals surface area (Å²) in [6.45, 7) is 7.04. The first-order valence-electron chi connectivity index (χ1n) is 10.3. The van der Waals surface area contributed by atoms with Gasteiger partial charge in [0.05, 0.1) is 11.8 Å². The Balaban J connectivity index is 1.72. The Hall–Kier alpha value is -3.19. The lowest BCUT2D eigenvalue weighted by Crippen LogP contribution is -2.51. The molecule has 1 saturated heterocycles. The predicted octanol–water partition coefficient (Wildman–Crippen LogP) is 3.37. The van der Waals surface area contributed by atoms with Crippen molar-refractivity contribution in [1.82, 2.24) is 15.3 Å². The van der Waals surface area contributed by atoms with Crippen molar-refractivity contribution >= 4 is 17.4 Å². The molecule has 7 nitrogen and oxygen atoms in total. The number of carbonyl (C=O) groups excluding carboxylic acids is 1. The van der Waals surface area contributed by atoms with E-state index in [0.29, 0.717) is 34.5 Å². The van der Waals surface area contributed by atoms with Crippen LogP contribution < -0.4 is 16.0 Å². The zero-order chi connectivity index (χ0) is 21.1. The number of hydrogen-bond donors (Lipinski definition) is 2. The lowest BCUT2D eigenvalue weighted by atomic mass is 10.0. The molecule has 0 aromatic carbocycles. The normalized spacial score (nSPS) is 16.8. The summed E-state index contributed by atoms with van der Waals surface area (Å²) in [5.74, 6) is 1.92. The summed E-state index contributed by atoms with van der Waals surface area (Å²) in [5, 5.41) is 3.58. The highest BCUT2D eigenvalue weighted by Gasteiger charge is 2.25. The fourth-order valence-electron chi connectivity index (χ4n) is 3.93. The molecular formula is C23H27N5O2. The average molecular weight is 406 g/mol. The number of ketones is 1. The maximum absolute atomic E-state index is 13.4. The number of nitrogen functional groups attached to an aromatic ring is 1. The van der Waals surface area contributed by atoms with Gasteiger partial charge in [-0.15, -0.1) is 0 Å². The third-order valence-corrected chi connectivity index (χ3v) is 5.30. The predicted molar refractivity (Wildman–Crippen MR) is 117 cm³/mol. The van der Waals surface area contributed by atoms with Gasteiger partial charge in [-0.25, -0.2) is 9.97 Å². The smallest absolute Gasteiger partial charge is 0.215 e. The first-order chi connectivity index (χ1) is 14.5. The number of hydrogen-bond acceptors (Lipinski definition) is 7. The minimum atomic E-state index is -0.261. The van der Waals surface area contributed by atoms with Gasteiger partial charge in [0.25, 0.3) is 0 Å². The van der Waals surface area contributed by atoms with E-state index in [9.17, 15) is 4.79 Å². The van der Waals surface area contributed by atoms with Crippen LogP contribution in [0, 0.1) is 5.92 Å². The summed E-state index contributed by atoms with van der Waals surface area (Å²) in [5.41, 5.74) is 7.28. The monoisotopic (exact) mass is 405 g/mol. The van der Waals surface area contributed by atoms with Gasteiger partial charge in [0.2, 0.25) is 5.78 Å². The van der Waals surface area contributed by atoms with Gasteiger partial charge in [0.1, 0.15) is 23.1 Å². The number of nitrogens with zero attached hydrogens (tertiary/aromatic N) is 3. The van der Waals surface area contributed by atoms with Gasteiger partial charge in [-0.1, -0.05) is 13.8 Å². The molecule has 1 aliphatic rings. The lowest BCUT2D eigenvalue weighted by molar-refractivity contribution is 0.103. The third-order valence-electron chi connectivity index (χ3n) is 5.30. The molecule has 4 rings (SSSR count). The fourth-order valence-corrected chi connectivity index (χ4v) is 3.93. The van der Waals surface area contributed by atoms with Gasteiger partial charge in [-0.3, -0.25) is 4.79 Å². The Labute approximate surface area is 176 Å². The zero-order valence-electron chi connectivity index (χ0n) is 17.3. The summed E-state index contributed by atoms with van der Waals surface area (Å²) >= 11 is 0. The highest BCUT2D eigenvalue weighted by atomic mass is 16.3. The largest absolute Gasteiger partial charge is 0.464 e. The van der Waals surface area contributed by atoms with E-state index >= 15 is 0 Å². The summed E-state index contributed by atoms with van der Waals surface area (Å²) in [7, 11) is 0. The van der Waals surface area contributed by atoms with E-state index in [-0.39, 0.29) is 11.6 Å². The topological polar surface area (TPSA) is 97.3 Å². The van der Waals surface area contributed by atoms with Crippen LogP contribution in [-0.4, -0.2) is 41.4 Å². The molecule has 0 bridgehead atoms. The van der Waals surface area contributed by atoms with Crippen molar-refractivity contribution < 1.29 is 9.21 Å². The Morgan fingerprint density at radius 1 is 1.30 bits per heavy atom. The Morgan fingerprint density at radius 3 is 2.90 bits per heavy atom. The van der Waals surface area contributed by atoms with Crippen molar-refractivity contribution in [3.8, 4) is 11.3 Å². The van der Waals surface area contributed by atoms with Gasteiger partial charge >= 0.3 is 0 Å². The average Bonchev–Trinajstić information content (AvgIpc) is 3.28. The molecule has 3 aromatic heterocycles. The van der Waals surface area contributed by atoms with Crippen LogP contribution in [0.15, 0.2) is 53.3 Å². The zero-order valence-corrected chi connectivity index (χ0v) is 17.3. The minimum absolute atomic E-state index is 0.194. The summed E-state index contributed by atoms with van der Waals surface area (Å²) < 4.78 is 5.56. The highest BCUT2D eigenvalue weighted by molar-refractivity contribution is 6.13. The molecule has 1 aliphatic heterocycles. The quantitative estimate of drug-likeness (QED) is 0.607. The van der Waals surface area contributed by atoms with Crippen molar-refractivity contribution in [3.05, 3.63) is 60.1 Å². The van der Waals surface area contributed by atoms with E-state index in [0.717, 1.165) is 31.9 Å². The molecule has 0 amide bonds. The molecule has 0 aliphatic carbocycles. The van der Waals surface area contributed by atoms with Crippen molar-refractivity contribution in [2.24, 2.45) is 5.92 Å². The number of nitrogens with one attached hydrogen (secondary N) is 1. The van der Waals surface area contributed by atoms with Crippen LogP contribution in [0.25, 0.3) is 11.3 Å². The number of nitrogens with two attached hydrogens (primary N) is 1. The van der Waals surface area contributed by atoms with Crippen LogP contribution in [0.4, 0.5) is 11.6 Å². The van der Waals surface area contributed by atoms with E-state index in [1.54, 1.807) is 30.7 Å².